The van der Waals surface area contributed by atoms with Crippen molar-refractivity contribution in [3.05, 3.63) is 18.2 Å². The third-order valence-electron chi connectivity index (χ3n) is 1.99. The molecule has 0 unspecified atom stereocenters. The maximum Gasteiger partial charge on any atom is 0.390 e. The summed E-state index contributed by atoms with van der Waals surface area (Å²) < 4.78 is 57.9. The van der Waals surface area contributed by atoms with Crippen LogP contribution in [-0.4, -0.2) is 21.1 Å². The Morgan fingerprint density at radius 2 is 1.83 bits per heavy atom. The van der Waals surface area contributed by atoms with Crippen molar-refractivity contribution in [1.29, 1.82) is 0 Å². The van der Waals surface area contributed by atoms with Gasteiger partial charge in [0.2, 0.25) is 10.0 Å². The zero-order chi connectivity index (χ0) is 14.0. The molecule has 1 rings (SSSR count). The molecule has 0 bridgehead atoms. The lowest BCUT2D eigenvalue weighted by Crippen LogP contribution is -2.16. The predicted molar refractivity (Wildman–Crippen MR) is 61.4 cm³/mol. The first-order valence-electron chi connectivity index (χ1n) is 4.82. The maximum absolute atomic E-state index is 11.9. The highest BCUT2D eigenvalue weighted by atomic mass is 32.2. The fourth-order valence-corrected chi connectivity index (χ4v) is 1.83. The molecule has 0 fully saturated rings. The Labute approximate surface area is 102 Å². The Morgan fingerprint density at radius 1 is 1.22 bits per heavy atom. The van der Waals surface area contributed by atoms with Crippen LogP contribution in [0.1, 0.15) is 6.42 Å². The smallest absolute Gasteiger partial charge is 0.390 e. The number of nitrogens with two attached hydrogens (primary N) is 2. The Kier molecular flexibility index (Phi) is 4.07. The van der Waals surface area contributed by atoms with Crippen molar-refractivity contribution >= 4 is 21.4 Å². The van der Waals surface area contributed by atoms with E-state index in [2.05, 4.69) is 5.32 Å². The average Bonchev–Trinajstić information content (AvgIpc) is 2.13. The van der Waals surface area contributed by atoms with Gasteiger partial charge in [-0.3, -0.25) is 0 Å². The van der Waals surface area contributed by atoms with Crippen molar-refractivity contribution in [1.82, 2.24) is 0 Å². The third-order valence-corrected chi connectivity index (χ3v) is 2.89. The third kappa shape index (κ3) is 4.80. The Morgan fingerprint density at radius 3 is 2.33 bits per heavy atom. The molecular formula is C9H12F3N3O2S. The molecule has 0 aromatic heterocycles. The van der Waals surface area contributed by atoms with E-state index in [0.717, 1.165) is 12.1 Å². The van der Waals surface area contributed by atoms with Crippen LogP contribution in [0.25, 0.3) is 0 Å². The van der Waals surface area contributed by atoms with E-state index in [9.17, 15) is 21.6 Å². The topological polar surface area (TPSA) is 98.2 Å². The van der Waals surface area contributed by atoms with Crippen LogP contribution in [0.3, 0.4) is 0 Å². The molecule has 0 saturated carbocycles. The Hall–Kier alpha value is -1.48. The second kappa shape index (κ2) is 5.02. The summed E-state index contributed by atoms with van der Waals surface area (Å²) in [5.41, 5.74) is 5.69. The van der Waals surface area contributed by atoms with Crippen LogP contribution in [0.2, 0.25) is 0 Å². The molecule has 102 valence electrons. The highest BCUT2D eigenvalue weighted by molar-refractivity contribution is 7.89. The van der Waals surface area contributed by atoms with Gasteiger partial charge in [0.15, 0.2) is 0 Å². The number of nitrogen functional groups attached to an aromatic ring is 1. The summed E-state index contributed by atoms with van der Waals surface area (Å²) in [6.07, 6.45) is -5.32. The predicted octanol–water partition coefficient (Wildman–Crippen LogP) is 1.28. The van der Waals surface area contributed by atoms with Crippen LogP contribution in [-0.2, 0) is 10.0 Å². The number of alkyl halides is 3. The lowest BCUT2D eigenvalue weighted by Gasteiger charge is -2.10. The van der Waals surface area contributed by atoms with Crippen molar-refractivity contribution in [2.45, 2.75) is 17.5 Å². The SMILES string of the molecule is Nc1cc(NCCC(F)(F)F)cc(S(N)(=O)=O)c1. The molecule has 0 heterocycles. The van der Waals surface area contributed by atoms with Crippen LogP contribution in [0.4, 0.5) is 24.5 Å². The Bertz CT molecular complexity index is 528. The number of hydrogen-bond donors (Lipinski definition) is 3. The van der Waals surface area contributed by atoms with E-state index in [1.807, 2.05) is 0 Å². The molecule has 5 N–H and O–H groups in total. The summed E-state index contributed by atoms with van der Waals surface area (Å²) >= 11 is 0. The summed E-state index contributed by atoms with van der Waals surface area (Å²) in [4.78, 5) is -0.253. The number of anilines is 2. The molecule has 0 amide bonds. The molecule has 18 heavy (non-hydrogen) atoms. The van der Waals surface area contributed by atoms with Gasteiger partial charge >= 0.3 is 6.18 Å². The van der Waals surface area contributed by atoms with E-state index in [0.29, 0.717) is 0 Å². The van der Waals surface area contributed by atoms with Crippen LogP contribution in [0.5, 0.6) is 0 Å². The fraction of sp³-hybridized carbons (Fsp3) is 0.333. The standard InChI is InChI=1S/C9H12F3N3O2S/c10-9(11,12)1-2-15-7-3-6(13)4-8(5-7)18(14,16)17/h3-5,15H,1-2,13H2,(H2,14,16,17). The molecule has 0 aliphatic rings. The van der Waals surface area contributed by atoms with Crippen LogP contribution in [0.15, 0.2) is 23.1 Å². The van der Waals surface area contributed by atoms with Gasteiger partial charge in [-0.05, 0) is 18.2 Å². The maximum atomic E-state index is 11.9. The molecule has 0 aliphatic heterocycles. The van der Waals surface area contributed by atoms with Crippen molar-refractivity contribution in [2.75, 3.05) is 17.6 Å². The summed E-state index contributed by atoms with van der Waals surface area (Å²) in [6, 6.07) is 3.58. The normalized spacial score (nSPS) is 12.4. The highest BCUT2D eigenvalue weighted by Crippen LogP contribution is 2.22. The van der Waals surface area contributed by atoms with Crippen molar-refractivity contribution < 1.29 is 21.6 Å². The summed E-state index contributed by atoms with van der Waals surface area (Å²) in [5, 5.41) is 7.34. The monoisotopic (exact) mass is 283 g/mol. The van der Waals surface area contributed by atoms with Gasteiger partial charge in [0, 0.05) is 17.9 Å². The molecule has 1 aromatic carbocycles. The first-order valence-corrected chi connectivity index (χ1v) is 6.36. The van der Waals surface area contributed by atoms with Crippen molar-refractivity contribution in [3.63, 3.8) is 0 Å². The van der Waals surface area contributed by atoms with E-state index in [1.165, 1.54) is 6.07 Å². The van der Waals surface area contributed by atoms with Crippen molar-refractivity contribution in [2.24, 2.45) is 5.14 Å². The lowest BCUT2D eigenvalue weighted by atomic mass is 10.2. The molecular weight excluding hydrogens is 271 g/mol. The number of rotatable bonds is 4. The molecule has 0 radical (unpaired) electrons. The second-order valence-corrected chi connectivity index (χ2v) is 5.19. The first kappa shape index (κ1) is 14.6. The second-order valence-electron chi connectivity index (χ2n) is 3.63. The van der Waals surface area contributed by atoms with Crippen molar-refractivity contribution in [3.8, 4) is 0 Å². The van der Waals surface area contributed by atoms with Crippen LogP contribution >= 0.6 is 0 Å². The van der Waals surface area contributed by atoms with Crippen LogP contribution in [0, 0.1) is 0 Å². The number of benzene rings is 1. The molecule has 5 nitrogen and oxygen atoms in total. The van der Waals surface area contributed by atoms with Gasteiger partial charge in [-0.1, -0.05) is 0 Å². The Balaban J connectivity index is 2.82. The van der Waals surface area contributed by atoms with Gasteiger partial charge in [0.25, 0.3) is 0 Å². The number of primary sulfonamides is 1. The quantitative estimate of drug-likeness (QED) is 0.725. The molecule has 1 aromatic rings. The largest absolute Gasteiger partial charge is 0.399 e. The van der Waals surface area contributed by atoms with Gasteiger partial charge in [-0.25, -0.2) is 13.6 Å². The van der Waals surface area contributed by atoms with Gasteiger partial charge in [-0.2, -0.15) is 13.2 Å². The average molecular weight is 283 g/mol. The van der Waals surface area contributed by atoms with E-state index in [1.54, 1.807) is 0 Å². The molecule has 9 heteroatoms. The van der Waals surface area contributed by atoms with Gasteiger partial charge < -0.3 is 11.1 Å². The minimum atomic E-state index is -4.28. The number of sulfonamides is 1. The molecule has 0 spiro atoms. The molecule has 0 atom stereocenters. The minimum absolute atomic E-state index is 0.0935. The zero-order valence-electron chi connectivity index (χ0n) is 9.16. The summed E-state index contributed by atoms with van der Waals surface area (Å²) in [5.74, 6) is 0. The van der Waals surface area contributed by atoms with Crippen LogP contribution < -0.4 is 16.2 Å². The van der Waals surface area contributed by atoms with Gasteiger partial charge in [0.1, 0.15) is 0 Å². The van der Waals surface area contributed by atoms with E-state index < -0.39 is 22.6 Å². The van der Waals surface area contributed by atoms with Gasteiger partial charge in [-0.15, -0.1) is 0 Å². The zero-order valence-corrected chi connectivity index (χ0v) is 9.98. The highest BCUT2D eigenvalue weighted by Gasteiger charge is 2.26. The van der Waals surface area contributed by atoms with E-state index in [4.69, 9.17) is 10.9 Å². The number of halogens is 3. The van der Waals surface area contributed by atoms with Gasteiger partial charge in [0.05, 0.1) is 11.3 Å². The first-order chi connectivity index (χ1) is 8.08. The summed E-state index contributed by atoms with van der Waals surface area (Å²) in [7, 11) is -3.94. The number of nitrogens with one attached hydrogen (secondary N) is 1. The minimum Gasteiger partial charge on any atom is -0.399 e. The van der Waals surface area contributed by atoms with E-state index >= 15 is 0 Å². The van der Waals surface area contributed by atoms with E-state index in [-0.39, 0.29) is 22.8 Å². The summed E-state index contributed by atoms with van der Waals surface area (Å²) in [6.45, 7) is -0.378. The fourth-order valence-electron chi connectivity index (χ4n) is 1.24. The molecule has 0 saturated heterocycles. The number of hydrogen-bond acceptors (Lipinski definition) is 4. The molecule has 0 aliphatic carbocycles. The lowest BCUT2D eigenvalue weighted by molar-refractivity contribution is -0.131.